The monoisotopic (exact) mass is 532 g/mol. The SMILES string of the molecule is CCC1C(=O)N(c2cc(Cl)cc(Cl)c2)C(=O)[C@@]1(c1ccc(C#N)cc1)c1ccc(OC(F)(F)F)cc1. The maximum atomic E-state index is 14.2. The summed E-state index contributed by atoms with van der Waals surface area (Å²) >= 11 is 12.3. The molecule has 3 aromatic rings. The molecule has 0 aromatic heterocycles. The summed E-state index contributed by atoms with van der Waals surface area (Å²) in [5.41, 5.74) is -0.375. The lowest BCUT2D eigenvalue weighted by Crippen LogP contribution is -2.42. The van der Waals surface area contributed by atoms with Gasteiger partial charge in [0.15, 0.2) is 0 Å². The highest BCUT2D eigenvalue weighted by molar-refractivity contribution is 6.36. The molecule has 4 rings (SSSR count). The third-order valence-electron chi connectivity index (χ3n) is 6.11. The van der Waals surface area contributed by atoms with Crippen LogP contribution in [0.15, 0.2) is 66.7 Å². The lowest BCUT2D eigenvalue weighted by Gasteiger charge is -2.32. The molecule has 2 atom stereocenters. The quantitative estimate of drug-likeness (QED) is 0.345. The van der Waals surface area contributed by atoms with Gasteiger partial charge in [-0.3, -0.25) is 9.59 Å². The van der Waals surface area contributed by atoms with E-state index in [0.717, 1.165) is 17.0 Å². The zero-order valence-corrected chi connectivity index (χ0v) is 20.2. The van der Waals surface area contributed by atoms with Crippen molar-refractivity contribution in [2.24, 2.45) is 5.92 Å². The lowest BCUT2D eigenvalue weighted by molar-refractivity contribution is -0.274. The van der Waals surface area contributed by atoms with Crippen molar-refractivity contribution in [3.63, 3.8) is 0 Å². The van der Waals surface area contributed by atoms with E-state index in [2.05, 4.69) is 4.74 Å². The van der Waals surface area contributed by atoms with Gasteiger partial charge in [0.2, 0.25) is 11.8 Å². The van der Waals surface area contributed by atoms with Crippen LogP contribution in [0, 0.1) is 17.2 Å². The number of hydrogen-bond acceptors (Lipinski definition) is 4. The topological polar surface area (TPSA) is 70.4 Å². The summed E-state index contributed by atoms with van der Waals surface area (Å²) in [5, 5.41) is 9.66. The average molecular weight is 533 g/mol. The van der Waals surface area contributed by atoms with Crippen molar-refractivity contribution in [2.45, 2.75) is 25.1 Å². The maximum Gasteiger partial charge on any atom is 0.573 e. The second kappa shape index (κ2) is 9.49. The van der Waals surface area contributed by atoms with Crippen LogP contribution in [0.4, 0.5) is 18.9 Å². The zero-order chi connectivity index (χ0) is 26.3. The molecule has 1 fully saturated rings. The van der Waals surface area contributed by atoms with Crippen molar-refractivity contribution in [2.75, 3.05) is 4.90 Å². The Morgan fingerprint density at radius 3 is 1.97 bits per heavy atom. The van der Waals surface area contributed by atoms with Crippen LogP contribution in [0.5, 0.6) is 5.75 Å². The number of hydrogen-bond donors (Lipinski definition) is 0. The number of alkyl halides is 3. The molecule has 2 amide bonds. The summed E-state index contributed by atoms with van der Waals surface area (Å²) in [7, 11) is 0. The van der Waals surface area contributed by atoms with Gasteiger partial charge in [-0.05, 0) is 60.0 Å². The Hall–Kier alpha value is -3.54. The summed E-state index contributed by atoms with van der Waals surface area (Å²) in [6.45, 7) is 1.74. The summed E-state index contributed by atoms with van der Waals surface area (Å²) in [6, 6.07) is 17.4. The number of carbonyl (C=O) groups is 2. The van der Waals surface area contributed by atoms with Crippen molar-refractivity contribution in [3.8, 4) is 11.8 Å². The molecule has 10 heteroatoms. The van der Waals surface area contributed by atoms with Crippen LogP contribution < -0.4 is 9.64 Å². The number of halogens is 5. The minimum atomic E-state index is -4.89. The first kappa shape index (κ1) is 25.5. The first-order valence-corrected chi connectivity index (χ1v) is 11.5. The second-order valence-corrected chi connectivity index (χ2v) is 9.01. The molecule has 3 aromatic carbocycles. The molecule has 36 heavy (non-hydrogen) atoms. The van der Waals surface area contributed by atoms with Crippen molar-refractivity contribution >= 4 is 40.7 Å². The molecule has 0 aliphatic carbocycles. The molecule has 0 radical (unpaired) electrons. The first-order chi connectivity index (χ1) is 17.0. The maximum absolute atomic E-state index is 14.2. The van der Waals surface area contributed by atoms with Gasteiger partial charge in [0.05, 0.1) is 23.2 Å². The second-order valence-electron chi connectivity index (χ2n) is 8.14. The number of nitrogens with zero attached hydrogens (tertiary/aromatic N) is 2. The fourth-order valence-corrected chi connectivity index (χ4v) is 5.22. The van der Waals surface area contributed by atoms with Crippen molar-refractivity contribution in [1.82, 2.24) is 0 Å². The van der Waals surface area contributed by atoms with Crippen molar-refractivity contribution < 1.29 is 27.5 Å². The predicted octanol–water partition coefficient (Wildman–Crippen LogP) is 6.65. The number of nitriles is 1. The highest BCUT2D eigenvalue weighted by atomic mass is 35.5. The lowest BCUT2D eigenvalue weighted by atomic mass is 9.66. The fourth-order valence-electron chi connectivity index (χ4n) is 4.70. The van der Waals surface area contributed by atoms with E-state index >= 15 is 0 Å². The van der Waals surface area contributed by atoms with Gasteiger partial charge in [-0.1, -0.05) is 54.4 Å². The van der Waals surface area contributed by atoms with E-state index in [1.807, 2.05) is 6.07 Å². The number of benzene rings is 3. The minimum absolute atomic E-state index is 0.175. The van der Waals surface area contributed by atoms with E-state index in [9.17, 15) is 28.0 Å². The molecular formula is C26H17Cl2F3N2O3. The average Bonchev–Trinajstić information content (AvgIpc) is 3.04. The predicted molar refractivity (Wildman–Crippen MR) is 128 cm³/mol. The summed E-state index contributed by atoms with van der Waals surface area (Å²) < 4.78 is 42.1. The van der Waals surface area contributed by atoms with E-state index in [1.165, 1.54) is 42.5 Å². The van der Waals surface area contributed by atoms with E-state index in [-0.39, 0.29) is 22.2 Å². The van der Waals surface area contributed by atoms with Gasteiger partial charge in [0.25, 0.3) is 0 Å². The van der Waals surface area contributed by atoms with Crippen LogP contribution >= 0.6 is 23.2 Å². The molecule has 1 unspecified atom stereocenters. The molecule has 0 spiro atoms. The molecule has 1 aliphatic rings. The fraction of sp³-hybridized carbons (Fsp3) is 0.192. The van der Waals surface area contributed by atoms with Gasteiger partial charge in [-0.2, -0.15) is 5.26 Å². The molecule has 1 heterocycles. The molecular weight excluding hydrogens is 516 g/mol. The highest BCUT2D eigenvalue weighted by Gasteiger charge is 2.61. The Balaban J connectivity index is 1.95. The van der Waals surface area contributed by atoms with Gasteiger partial charge >= 0.3 is 6.36 Å². The highest BCUT2D eigenvalue weighted by Crippen LogP contribution is 2.50. The van der Waals surface area contributed by atoms with Gasteiger partial charge in [-0.25, -0.2) is 4.90 Å². The smallest absolute Gasteiger partial charge is 0.406 e. The summed E-state index contributed by atoms with van der Waals surface area (Å²) in [5.74, 6) is -2.51. The first-order valence-electron chi connectivity index (χ1n) is 10.7. The van der Waals surface area contributed by atoms with E-state index in [0.29, 0.717) is 16.7 Å². The summed E-state index contributed by atoms with van der Waals surface area (Å²) in [6.07, 6.45) is -4.66. The van der Waals surface area contributed by atoms with E-state index in [1.54, 1.807) is 19.1 Å². The number of amides is 2. The number of ether oxygens (including phenoxy) is 1. The third kappa shape index (κ3) is 4.41. The molecule has 0 N–H and O–H groups in total. The van der Waals surface area contributed by atoms with Crippen molar-refractivity contribution in [1.29, 1.82) is 5.26 Å². The molecule has 184 valence electrons. The van der Waals surface area contributed by atoms with Crippen LogP contribution in [0.1, 0.15) is 30.0 Å². The number of rotatable bonds is 5. The molecule has 1 saturated heterocycles. The largest absolute Gasteiger partial charge is 0.573 e. The van der Waals surface area contributed by atoms with Crippen LogP contribution in [-0.2, 0) is 15.0 Å². The number of anilines is 1. The standard InChI is InChI=1S/C26H17Cl2F3N2O3/c1-2-22-23(34)33(20-12-18(27)11-19(28)13-20)24(35)25(22,16-5-3-15(14-32)4-6-16)17-7-9-21(10-8-17)36-26(29,30)31/h3-13,22H,2H2,1H3/t22?,25-/m0/s1. The van der Waals surface area contributed by atoms with Gasteiger partial charge in [0.1, 0.15) is 11.2 Å². The molecule has 1 aliphatic heterocycles. The van der Waals surface area contributed by atoms with Crippen LogP contribution in [0.3, 0.4) is 0 Å². The number of imide groups is 1. The summed E-state index contributed by atoms with van der Waals surface area (Å²) in [4.78, 5) is 28.9. The van der Waals surface area contributed by atoms with Gasteiger partial charge in [0, 0.05) is 10.0 Å². The van der Waals surface area contributed by atoms with Crippen LogP contribution in [0.25, 0.3) is 0 Å². The molecule has 0 saturated carbocycles. The Bertz CT molecular complexity index is 1350. The minimum Gasteiger partial charge on any atom is -0.406 e. The Kier molecular flexibility index (Phi) is 6.74. The molecule has 0 bridgehead atoms. The normalized spacial score (nSPS) is 19.9. The van der Waals surface area contributed by atoms with Crippen LogP contribution in [0.2, 0.25) is 10.0 Å². The van der Waals surface area contributed by atoms with E-state index < -0.39 is 35.3 Å². The Morgan fingerprint density at radius 2 is 1.50 bits per heavy atom. The van der Waals surface area contributed by atoms with Gasteiger partial charge < -0.3 is 4.74 Å². The van der Waals surface area contributed by atoms with Crippen LogP contribution in [-0.4, -0.2) is 18.2 Å². The van der Waals surface area contributed by atoms with E-state index in [4.69, 9.17) is 23.2 Å². The Labute approximate surface area is 214 Å². The number of carbonyl (C=O) groups excluding carboxylic acids is 2. The zero-order valence-electron chi connectivity index (χ0n) is 18.6. The van der Waals surface area contributed by atoms with Gasteiger partial charge in [-0.15, -0.1) is 13.2 Å². The third-order valence-corrected chi connectivity index (χ3v) is 6.54. The van der Waals surface area contributed by atoms with Crippen molar-refractivity contribution in [3.05, 3.63) is 93.5 Å². The molecule has 5 nitrogen and oxygen atoms in total. The Morgan fingerprint density at radius 1 is 0.972 bits per heavy atom.